The Balaban J connectivity index is 1.97. The van der Waals surface area contributed by atoms with E-state index in [9.17, 15) is 8.42 Å². The number of amidine groups is 1. The van der Waals surface area contributed by atoms with Gasteiger partial charge in [-0.05, 0) is 29.2 Å². The number of nitrogens with zero attached hydrogens (tertiary/aromatic N) is 2. The molecule has 0 fully saturated rings. The van der Waals surface area contributed by atoms with Gasteiger partial charge in [0, 0.05) is 6.42 Å². The summed E-state index contributed by atoms with van der Waals surface area (Å²) >= 11 is 0. The number of hydrogen-bond acceptors (Lipinski definition) is 4. The lowest BCUT2D eigenvalue weighted by molar-refractivity contribution is 0.400. The van der Waals surface area contributed by atoms with E-state index in [4.69, 9.17) is 4.74 Å². The molecule has 0 N–H and O–H groups in total. The summed E-state index contributed by atoms with van der Waals surface area (Å²) in [6.07, 6.45) is 0.492. The van der Waals surface area contributed by atoms with Crippen LogP contribution in [0, 0.1) is 0 Å². The maximum Gasteiger partial charge on any atom is 0.269 e. The van der Waals surface area contributed by atoms with E-state index in [0.29, 0.717) is 31.1 Å². The molecule has 2 aromatic carbocycles. The van der Waals surface area contributed by atoms with Gasteiger partial charge in [0.05, 0.1) is 20.2 Å². The van der Waals surface area contributed by atoms with Gasteiger partial charge < -0.3 is 4.74 Å². The molecule has 0 spiro atoms. The molecular weight excluding hydrogens is 348 g/mol. The maximum absolute atomic E-state index is 13.4. The van der Waals surface area contributed by atoms with Crippen LogP contribution in [-0.4, -0.2) is 38.8 Å². The van der Waals surface area contributed by atoms with E-state index in [1.165, 1.54) is 11.4 Å². The van der Waals surface area contributed by atoms with Gasteiger partial charge in [-0.1, -0.05) is 50.2 Å². The first-order valence-electron chi connectivity index (χ1n) is 8.71. The van der Waals surface area contributed by atoms with Crippen molar-refractivity contribution in [2.75, 3.05) is 20.2 Å². The van der Waals surface area contributed by atoms with Gasteiger partial charge in [-0.3, -0.25) is 9.30 Å². The highest BCUT2D eigenvalue weighted by Crippen LogP contribution is 2.31. The zero-order valence-corrected chi connectivity index (χ0v) is 16.2. The summed E-state index contributed by atoms with van der Waals surface area (Å²) < 4.78 is 33.5. The number of rotatable bonds is 6. The molecule has 26 heavy (non-hydrogen) atoms. The van der Waals surface area contributed by atoms with Crippen LogP contribution in [-0.2, 0) is 16.4 Å². The van der Waals surface area contributed by atoms with Gasteiger partial charge in [-0.25, -0.2) is 8.42 Å². The molecular formula is C20H24N2O3S. The Kier molecular flexibility index (Phi) is 5.32. The number of ether oxygens (including phenoxy) is 1. The second kappa shape index (κ2) is 7.50. The van der Waals surface area contributed by atoms with Gasteiger partial charge in [0.25, 0.3) is 10.0 Å². The fraction of sp³-hybridized carbons (Fsp3) is 0.350. The summed E-state index contributed by atoms with van der Waals surface area (Å²) in [6, 6.07) is 15.1. The molecule has 6 heteroatoms. The summed E-state index contributed by atoms with van der Waals surface area (Å²) in [7, 11) is -2.24. The van der Waals surface area contributed by atoms with Crippen molar-refractivity contribution in [2.45, 2.75) is 31.1 Å². The van der Waals surface area contributed by atoms with Crippen LogP contribution in [0.3, 0.4) is 0 Å². The summed E-state index contributed by atoms with van der Waals surface area (Å²) in [5, 5.41) is 0. The van der Waals surface area contributed by atoms with Crippen LogP contribution in [0.4, 0.5) is 0 Å². The monoisotopic (exact) mass is 372 g/mol. The van der Waals surface area contributed by atoms with Crippen molar-refractivity contribution in [2.24, 2.45) is 4.99 Å². The Morgan fingerprint density at radius 1 is 1.15 bits per heavy atom. The van der Waals surface area contributed by atoms with Crippen LogP contribution in [0.15, 0.2) is 58.4 Å². The highest BCUT2D eigenvalue weighted by molar-refractivity contribution is 7.89. The summed E-state index contributed by atoms with van der Waals surface area (Å²) in [5.41, 5.74) is 2.00. The molecule has 0 saturated heterocycles. The normalized spacial score (nSPS) is 14.6. The average molecular weight is 372 g/mol. The SMILES string of the molecule is COc1ccc(C(C)C)cc1S(=O)(=O)N1CCN=C1Cc1ccccc1. The number of sulfonamides is 1. The first-order chi connectivity index (χ1) is 12.4. The summed E-state index contributed by atoms with van der Waals surface area (Å²) in [6.45, 7) is 4.92. The molecule has 3 rings (SSSR count). The standard InChI is InChI=1S/C20H24N2O3S/c1-15(2)17-9-10-18(25-3)19(14-17)26(23,24)22-12-11-21-20(22)13-16-7-5-4-6-8-16/h4-10,14-15H,11-13H2,1-3H3. The number of aliphatic imine (C=N–C) groups is 1. The minimum Gasteiger partial charge on any atom is -0.495 e. The maximum atomic E-state index is 13.4. The van der Waals surface area contributed by atoms with Crippen LogP contribution in [0.2, 0.25) is 0 Å². The Bertz CT molecular complexity index is 906. The van der Waals surface area contributed by atoms with E-state index >= 15 is 0 Å². The predicted octanol–water partition coefficient (Wildman–Crippen LogP) is 3.46. The molecule has 1 aliphatic heterocycles. The van der Waals surface area contributed by atoms with Crippen molar-refractivity contribution in [1.82, 2.24) is 4.31 Å². The highest BCUT2D eigenvalue weighted by atomic mass is 32.2. The van der Waals surface area contributed by atoms with Crippen molar-refractivity contribution >= 4 is 15.9 Å². The lowest BCUT2D eigenvalue weighted by Crippen LogP contribution is -2.35. The Morgan fingerprint density at radius 3 is 2.54 bits per heavy atom. The van der Waals surface area contributed by atoms with E-state index in [1.807, 2.05) is 50.2 Å². The van der Waals surface area contributed by atoms with E-state index in [0.717, 1.165) is 11.1 Å². The van der Waals surface area contributed by atoms with Gasteiger partial charge in [0.2, 0.25) is 0 Å². The molecule has 0 radical (unpaired) electrons. The molecule has 5 nitrogen and oxygen atoms in total. The molecule has 1 aliphatic rings. The molecule has 0 amide bonds. The van der Waals surface area contributed by atoms with E-state index in [-0.39, 0.29) is 10.8 Å². The van der Waals surface area contributed by atoms with Gasteiger partial charge in [-0.15, -0.1) is 0 Å². The van der Waals surface area contributed by atoms with Crippen LogP contribution in [0.5, 0.6) is 5.75 Å². The average Bonchev–Trinajstić information content (AvgIpc) is 3.11. The molecule has 0 aromatic heterocycles. The third kappa shape index (κ3) is 3.60. The van der Waals surface area contributed by atoms with Gasteiger partial charge in [0.15, 0.2) is 0 Å². The smallest absolute Gasteiger partial charge is 0.269 e. The topological polar surface area (TPSA) is 59.0 Å². The van der Waals surface area contributed by atoms with E-state index in [2.05, 4.69) is 4.99 Å². The first kappa shape index (κ1) is 18.5. The van der Waals surface area contributed by atoms with Gasteiger partial charge >= 0.3 is 0 Å². The van der Waals surface area contributed by atoms with Crippen LogP contribution >= 0.6 is 0 Å². The van der Waals surface area contributed by atoms with Crippen molar-refractivity contribution in [3.8, 4) is 5.75 Å². The summed E-state index contributed by atoms with van der Waals surface area (Å²) in [5.74, 6) is 1.17. The number of methoxy groups -OCH3 is 1. The zero-order chi connectivity index (χ0) is 18.7. The van der Waals surface area contributed by atoms with Gasteiger partial charge in [-0.2, -0.15) is 0 Å². The lowest BCUT2D eigenvalue weighted by atomic mass is 10.0. The van der Waals surface area contributed by atoms with E-state index < -0.39 is 10.0 Å². The second-order valence-corrected chi connectivity index (χ2v) is 8.43. The Hall–Kier alpha value is -2.34. The third-order valence-corrected chi connectivity index (χ3v) is 6.36. The van der Waals surface area contributed by atoms with Crippen molar-refractivity contribution in [1.29, 1.82) is 0 Å². The highest BCUT2D eigenvalue weighted by Gasteiger charge is 2.33. The van der Waals surface area contributed by atoms with Crippen LogP contribution in [0.1, 0.15) is 30.9 Å². The fourth-order valence-electron chi connectivity index (χ4n) is 3.03. The largest absolute Gasteiger partial charge is 0.495 e. The second-order valence-electron chi connectivity index (χ2n) is 6.60. The lowest BCUT2D eigenvalue weighted by Gasteiger charge is -2.22. The molecule has 1 heterocycles. The first-order valence-corrected chi connectivity index (χ1v) is 10.2. The van der Waals surface area contributed by atoms with E-state index in [1.54, 1.807) is 12.1 Å². The minimum absolute atomic E-state index is 0.203. The predicted molar refractivity (Wildman–Crippen MR) is 103 cm³/mol. The fourth-order valence-corrected chi connectivity index (χ4v) is 4.68. The summed E-state index contributed by atoms with van der Waals surface area (Å²) in [4.78, 5) is 4.64. The molecule has 0 aliphatic carbocycles. The number of hydrogen-bond donors (Lipinski definition) is 0. The molecule has 138 valence electrons. The minimum atomic E-state index is -3.73. The molecule has 0 atom stereocenters. The van der Waals surface area contributed by atoms with Crippen LogP contribution in [0.25, 0.3) is 0 Å². The molecule has 2 aromatic rings. The third-order valence-electron chi connectivity index (χ3n) is 4.51. The molecule has 0 saturated carbocycles. The Morgan fingerprint density at radius 2 is 1.88 bits per heavy atom. The quantitative estimate of drug-likeness (QED) is 0.780. The van der Waals surface area contributed by atoms with Crippen molar-refractivity contribution in [3.63, 3.8) is 0 Å². The molecule has 0 bridgehead atoms. The number of benzene rings is 2. The Labute approximate surface area is 155 Å². The van der Waals surface area contributed by atoms with Crippen LogP contribution < -0.4 is 4.74 Å². The van der Waals surface area contributed by atoms with Crippen molar-refractivity contribution in [3.05, 3.63) is 59.7 Å². The van der Waals surface area contributed by atoms with Gasteiger partial charge in [0.1, 0.15) is 16.5 Å². The zero-order valence-electron chi connectivity index (χ0n) is 15.3. The van der Waals surface area contributed by atoms with Crippen molar-refractivity contribution < 1.29 is 13.2 Å². The molecule has 0 unspecified atom stereocenters.